The van der Waals surface area contributed by atoms with Crippen LogP contribution in [-0.2, 0) is 11.3 Å². The van der Waals surface area contributed by atoms with Gasteiger partial charge >= 0.3 is 0 Å². The highest BCUT2D eigenvalue weighted by Gasteiger charge is 2.23. The monoisotopic (exact) mass is 406 g/mol. The fourth-order valence-corrected chi connectivity index (χ4v) is 3.43. The van der Waals surface area contributed by atoms with Crippen LogP contribution in [0.15, 0.2) is 23.2 Å². The minimum absolute atomic E-state index is 0.398. The van der Waals surface area contributed by atoms with E-state index < -0.39 is 0 Å². The quantitative estimate of drug-likeness (QED) is 0.316. The number of hydrogen-bond acceptors (Lipinski definition) is 5. The summed E-state index contributed by atoms with van der Waals surface area (Å²) in [6.07, 6.45) is 4.40. The first-order valence-electron chi connectivity index (χ1n) is 10.7. The molecule has 1 unspecified atom stereocenters. The zero-order chi connectivity index (χ0) is 20.9. The first-order valence-corrected chi connectivity index (χ1v) is 10.7. The maximum Gasteiger partial charge on any atom is 0.191 e. The second kappa shape index (κ2) is 13.3. The summed E-state index contributed by atoms with van der Waals surface area (Å²) in [4.78, 5) is 6.80. The highest BCUT2D eigenvalue weighted by Crippen LogP contribution is 2.24. The first kappa shape index (κ1) is 23.3. The highest BCUT2D eigenvalue weighted by atomic mass is 16.5. The second-order valence-corrected chi connectivity index (χ2v) is 7.40. The molecule has 0 saturated carbocycles. The van der Waals surface area contributed by atoms with Crippen molar-refractivity contribution in [1.29, 1.82) is 0 Å². The van der Waals surface area contributed by atoms with Gasteiger partial charge < -0.3 is 24.8 Å². The van der Waals surface area contributed by atoms with Gasteiger partial charge in [-0.2, -0.15) is 0 Å². The Morgan fingerprint density at radius 1 is 1.14 bits per heavy atom. The van der Waals surface area contributed by atoms with Gasteiger partial charge in [-0.3, -0.25) is 9.89 Å². The van der Waals surface area contributed by atoms with Gasteiger partial charge in [0.15, 0.2) is 5.96 Å². The maximum absolute atomic E-state index is 5.60. The number of unbranched alkanes of at least 4 members (excludes halogenated alkanes) is 1. The van der Waals surface area contributed by atoms with E-state index in [-0.39, 0.29) is 0 Å². The van der Waals surface area contributed by atoms with Gasteiger partial charge in [-0.1, -0.05) is 13.3 Å². The molecule has 2 rings (SSSR count). The molecule has 7 nitrogen and oxygen atoms in total. The maximum atomic E-state index is 5.60. The fourth-order valence-electron chi connectivity index (χ4n) is 3.43. The van der Waals surface area contributed by atoms with Crippen molar-refractivity contribution in [3.05, 3.63) is 23.8 Å². The molecular weight excluding hydrogens is 368 g/mol. The summed E-state index contributed by atoms with van der Waals surface area (Å²) in [5.41, 5.74) is 1.20. The van der Waals surface area contributed by atoms with Crippen LogP contribution in [0.3, 0.4) is 0 Å². The van der Waals surface area contributed by atoms with Crippen LogP contribution in [-0.4, -0.2) is 71.0 Å². The van der Waals surface area contributed by atoms with Gasteiger partial charge in [0.2, 0.25) is 0 Å². The van der Waals surface area contributed by atoms with Crippen LogP contribution in [0.25, 0.3) is 0 Å². The summed E-state index contributed by atoms with van der Waals surface area (Å²) in [5.74, 6) is 2.53. The zero-order valence-corrected chi connectivity index (χ0v) is 18.5. The van der Waals surface area contributed by atoms with Crippen molar-refractivity contribution in [1.82, 2.24) is 15.5 Å². The molecule has 1 aromatic carbocycles. The molecule has 29 heavy (non-hydrogen) atoms. The lowest BCUT2D eigenvalue weighted by molar-refractivity contribution is 0.129. The number of nitrogens with one attached hydrogen (secondary N) is 2. The van der Waals surface area contributed by atoms with Crippen LogP contribution in [0.5, 0.6) is 11.5 Å². The third kappa shape index (κ3) is 8.50. The normalized spacial score (nSPS) is 17.4. The number of aliphatic imine (C=N–C) groups is 1. The molecule has 1 atom stereocenters. The third-order valence-electron chi connectivity index (χ3n) is 5.05. The smallest absolute Gasteiger partial charge is 0.191 e. The van der Waals surface area contributed by atoms with Gasteiger partial charge in [-0.15, -0.1) is 0 Å². The largest absolute Gasteiger partial charge is 0.497 e. The number of likely N-dealkylation sites (tertiary alicyclic amines) is 1. The van der Waals surface area contributed by atoms with E-state index in [1.54, 1.807) is 14.2 Å². The molecule has 1 fully saturated rings. The van der Waals surface area contributed by atoms with Crippen molar-refractivity contribution < 1.29 is 14.2 Å². The molecule has 164 valence electrons. The molecule has 0 amide bonds. The second-order valence-electron chi connectivity index (χ2n) is 7.40. The Labute approximate surface area is 175 Å². The van der Waals surface area contributed by atoms with Crippen LogP contribution in [0, 0.1) is 0 Å². The molecule has 0 aromatic heterocycles. The average Bonchev–Trinajstić information content (AvgIpc) is 3.18. The van der Waals surface area contributed by atoms with Gasteiger partial charge in [0, 0.05) is 58.5 Å². The summed E-state index contributed by atoms with van der Waals surface area (Å²) >= 11 is 0. The van der Waals surface area contributed by atoms with Crippen molar-refractivity contribution in [2.24, 2.45) is 4.99 Å². The van der Waals surface area contributed by atoms with Crippen LogP contribution in [0.4, 0.5) is 0 Å². The van der Waals surface area contributed by atoms with Crippen molar-refractivity contribution in [2.75, 3.05) is 54.1 Å². The minimum Gasteiger partial charge on any atom is -0.497 e. The molecule has 7 heteroatoms. The number of ether oxygens (including phenoxy) is 3. The molecule has 0 bridgehead atoms. The molecule has 1 heterocycles. The van der Waals surface area contributed by atoms with E-state index in [2.05, 4.69) is 39.6 Å². The van der Waals surface area contributed by atoms with E-state index in [1.165, 1.54) is 12.0 Å². The van der Waals surface area contributed by atoms with Crippen molar-refractivity contribution in [3.8, 4) is 11.5 Å². The number of hydrogen-bond donors (Lipinski definition) is 2. The molecular formula is C22H38N4O3. The van der Waals surface area contributed by atoms with Crippen molar-refractivity contribution in [3.63, 3.8) is 0 Å². The van der Waals surface area contributed by atoms with E-state index in [0.717, 1.165) is 76.1 Å². The third-order valence-corrected chi connectivity index (χ3v) is 5.05. The predicted octanol–water partition coefficient (Wildman–Crippen LogP) is 2.65. The fraction of sp³-hybridized carbons (Fsp3) is 0.682. The standard InChI is InChI=1S/C22H38N4O3/c1-5-6-11-29-12-7-9-24-22(23-2)25-19-8-10-26(17-19)16-18-13-20(27-3)15-21(14-18)28-4/h13-15,19H,5-12,16-17H2,1-4H3,(H2,23,24,25). The zero-order valence-electron chi connectivity index (χ0n) is 18.5. The Bertz CT molecular complexity index is 602. The number of rotatable bonds is 12. The van der Waals surface area contributed by atoms with E-state index in [1.807, 2.05) is 13.1 Å². The number of methoxy groups -OCH3 is 2. The molecule has 1 saturated heterocycles. The Hall–Kier alpha value is -1.99. The summed E-state index contributed by atoms with van der Waals surface area (Å²) in [6.45, 7) is 7.63. The van der Waals surface area contributed by atoms with Crippen LogP contribution < -0.4 is 20.1 Å². The topological polar surface area (TPSA) is 67.4 Å². The van der Waals surface area contributed by atoms with E-state index in [4.69, 9.17) is 14.2 Å². The Morgan fingerprint density at radius 2 is 1.86 bits per heavy atom. The van der Waals surface area contributed by atoms with Crippen LogP contribution in [0.1, 0.15) is 38.2 Å². The summed E-state index contributed by atoms with van der Waals surface area (Å²) < 4.78 is 16.4. The summed E-state index contributed by atoms with van der Waals surface area (Å²) in [5, 5.41) is 6.93. The van der Waals surface area contributed by atoms with E-state index in [0.29, 0.717) is 6.04 Å². The SMILES string of the molecule is CCCCOCCCNC(=NC)NC1CCN(Cc2cc(OC)cc(OC)c2)C1. The van der Waals surface area contributed by atoms with E-state index >= 15 is 0 Å². The lowest BCUT2D eigenvalue weighted by Gasteiger charge is -2.19. The van der Waals surface area contributed by atoms with E-state index in [9.17, 15) is 0 Å². The minimum atomic E-state index is 0.398. The lowest BCUT2D eigenvalue weighted by Crippen LogP contribution is -2.44. The molecule has 0 spiro atoms. The van der Waals surface area contributed by atoms with Gasteiger partial charge in [-0.05, 0) is 37.0 Å². The molecule has 0 radical (unpaired) electrons. The van der Waals surface area contributed by atoms with Crippen molar-refractivity contribution in [2.45, 2.75) is 45.2 Å². The Morgan fingerprint density at radius 3 is 2.52 bits per heavy atom. The average molecular weight is 407 g/mol. The predicted molar refractivity (Wildman–Crippen MR) is 118 cm³/mol. The van der Waals surface area contributed by atoms with Crippen molar-refractivity contribution >= 4 is 5.96 Å². The molecule has 2 N–H and O–H groups in total. The Kier molecular flexibility index (Phi) is 10.7. The molecule has 1 aliphatic heterocycles. The summed E-state index contributed by atoms with van der Waals surface area (Å²) in [7, 11) is 5.19. The van der Waals surface area contributed by atoms with Crippen LogP contribution >= 0.6 is 0 Å². The first-order chi connectivity index (χ1) is 14.2. The Balaban J connectivity index is 1.71. The number of nitrogens with zero attached hydrogens (tertiary/aromatic N) is 2. The lowest BCUT2D eigenvalue weighted by atomic mass is 10.2. The highest BCUT2D eigenvalue weighted by molar-refractivity contribution is 5.79. The van der Waals surface area contributed by atoms with Gasteiger partial charge in [0.05, 0.1) is 14.2 Å². The van der Waals surface area contributed by atoms with Gasteiger partial charge in [-0.25, -0.2) is 0 Å². The molecule has 0 aliphatic carbocycles. The number of benzene rings is 1. The summed E-state index contributed by atoms with van der Waals surface area (Å²) in [6, 6.07) is 6.45. The van der Waals surface area contributed by atoms with Gasteiger partial charge in [0.1, 0.15) is 11.5 Å². The molecule has 1 aliphatic rings. The number of guanidine groups is 1. The molecule has 1 aromatic rings. The van der Waals surface area contributed by atoms with Gasteiger partial charge in [0.25, 0.3) is 0 Å². The van der Waals surface area contributed by atoms with Crippen LogP contribution in [0.2, 0.25) is 0 Å².